The second kappa shape index (κ2) is 9.26. The lowest BCUT2D eigenvalue weighted by Gasteiger charge is -2.10. The largest absolute Gasteiger partial charge is 0.489 e. The number of nitrogens with one attached hydrogen (secondary N) is 1. The van der Waals surface area contributed by atoms with E-state index in [1.807, 2.05) is 72.8 Å². The van der Waals surface area contributed by atoms with Crippen molar-refractivity contribution in [3.05, 3.63) is 108 Å². The molecule has 3 aromatic carbocycles. The summed E-state index contributed by atoms with van der Waals surface area (Å²) in [6, 6.07) is 28.0. The van der Waals surface area contributed by atoms with Gasteiger partial charge in [0.05, 0.1) is 11.2 Å². The Labute approximate surface area is 185 Å². The molecule has 0 atom stereocenters. The van der Waals surface area contributed by atoms with Crippen molar-refractivity contribution in [1.82, 2.24) is 25.6 Å². The average Bonchev–Trinajstić information content (AvgIpc) is 3.35. The van der Waals surface area contributed by atoms with E-state index in [1.165, 1.54) is 0 Å². The zero-order valence-electron chi connectivity index (χ0n) is 17.3. The third-order valence-electron chi connectivity index (χ3n) is 5.03. The Hall–Kier alpha value is -4.26. The highest BCUT2D eigenvalue weighted by atomic mass is 16.5. The lowest BCUT2D eigenvalue weighted by Crippen LogP contribution is -2.00. The van der Waals surface area contributed by atoms with Crippen LogP contribution >= 0.6 is 0 Å². The van der Waals surface area contributed by atoms with E-state index in [-0.39, 0.29) is 0 Å². The minimum Gasteiger partial charge on any atom is -0.489 e. The van der Waals surface area contributed by atoms with Gasteiger partial charge in [-0.05, 0) is 58.0 Å². The zero-order chi connectivity index (χ0) is 21.6. The Morgan fingerprint density at radius 3 is 2.47 bits per heavy atom. The van der Waals surface area contributed by atoms with Gasteiger partial charge in [0, 0.05) is 11.8 Å². The van der Waals surface area contributed by atoms with E-state index >= 15 is 0 Å². The molecule has 0 radical (unpaired) electrons. The molecular weight excluding hydrogens is 402 g/mol. The maximum atomic E-state index is 5.96. The Balaban J connectivity index is 1.16. The molecule has 0 saturated carbocycles. The summed E-state index contributed by atoms with van der Waals surface area (Å²) in [6.07, 6.45) is 0.652. The van der Waals surface area contributed by atoms with Crippen LogP contribution in [0.4, 0.5) is 0 Å². The van der Waals surface area contributed by atoms with Crippen LogP contribution < -0.4 is 9.47 Å². The highest BCUT2D eigenvalue weighted by molar-refractivity contribution is 5.78. The van der Waals surface area contributed by atoms with Crippen LogP contribution in [-0.2, 0) is 19.6 Å². The number of benzene rings is 3. The predicted octanol–water partition coefficient (Wildman–Crippen LogP) is 4.50. The Morgan fingerprint density at radius 2 is 1.59 bits per heavy atom. The molecule has 2 aromatic heterocycles. The summed E-state index contributed by atoms with van der Waals surface area (Å²) < 4.78 is 11.9. The van der Waals surface area contributed by atoms with E-state index in [2.05, 4.69) is 37.7 Å². The van der Waals surface area contributed by atoms with Gasteiger partial charge in [0.1, 0.15) is 24.7 Å². The number of ether oxygens (including phenoxy) is 2. The molecular formula is C25H21N5O2. The van der Waals surface area contributed by atoms with Crippen LogP contribution in [0.3, 0.4) is 0 Å². The SMILES string of the molecule is c1cc(COc2ccc(Cc3nnn[nH]3)cc2)cc(OCc2ccc3ccccc3n2)c1. The second-order valence-electron chi connectivity index (χ2n) is 7.39. The van der Waals surface area contributed by atoms with Crippen LogP contribution in [0.2, 0.25) is 0 Å². The molecule has 0 amide bonds. The molecule has 2 heterocycles. The normalized spacial score (nSPS) is 10.9. The van der Waals surface area contributed by atoms with E-state index in [9.17, 15) is 0 Å². The molecule has 0 saturated heterocycles. The number of fused-ring (bicyclic) bond motifs is 1. The fraction of sp³-hybridized carbons (Fsp3) is 0.120. The van der Waals surface area contributed by atoms with Gasteiger partial charge in [0.2, 0.25) is 0 Å². The molecule has 0 bridgehead atoms. The number of aromatic amines is 1. The summed E-state index contributed by atoms with van der Waals surface area (Å²) >= 11 is 0. The minimum absolute atomic E-state index is 0.414. The number of rotatable bonds is 8. The molecule has 0 spiro atoms. The van der Waals surface area contributed by atoms with Crippen molar-refractivity contribution in [3.63, 3.8) is 0 Å². The third-order valence-corrected chi connectivity index (χ3v) is 5.03. The van der Waals surface area contributed by atoms with E-state index < -0.39 is 0 Å². The molecule has 7 heteroatoms. The van der Waals surface area contributed by atoms with Crippen LogP contribution in [0.1, 0.15) is 22.6 Å². The molecule has 1 N–H and O–H groups in total. The van der Waals surface area contributed by atoms with Gasteiger partial charge in [0.15, 0.2) is 5.82 Å². The highest BCUT2D eigenvalue weighted by Crippen LogP contribution is 2.19. The number of tetrazole rings is 1. The summed E-state index contributed by atoms with van der Waals surface area (Å²) in [5.41, 5.74) is 4.00. The van der Waals surface area contributed by atoms with Crippen LogP contribution in [-0.4, -0.2) is 25.6 Å². The van der Waals surface area contributed by atoms with Gasteiger partial charge in [0.25, 0.3) is 0 Å². The molecule has 5 rings (SSSR count). The quantitative estimate of drug-likeness (QED) is 0.396. The molecule has 32 heavy (non-hydrogen) atoms. The van der Waals surface area contributed by atoms with Crippen molar-refractivity contribution < 1.29 is 9.47 Å². The van der Waals surface area contributed by atoms with Crippen molar-refractivity contribution in [1.29, 1.82) is 0 Å². The van der Waals surface area contributed by atoms with Crippen molar-refractivity contribution in [2.45, 2.75) is 19.6 Å². The molecule has 158 valence electrons. The topological polar surface area (TPSA) is 85.8 Å². The minimum atomic E-state index is 0.414. The average molecular weight is 423 g/mol. The third kappa shape index (κ3) is 4.89. The van der Waals surface area contributed by atoms with Crippen LogP contribution in [0, 0.1) is 0 Å². The highest BCUT2D eigenvalue weighted by Gasteiger charge is 2.04. The van der Waals surface area contributed by atoms with Crippen molar-refractivity contribution in [3.8, 4) is 11.5 Å². The van der Waals surface area contributed by atoms with E-state index in [4.69, 9.17) is 9.47 Å². The number of para-hydroxylation sites is 1. The Kier molecular flexibility index (Phi) is 5.70. The Morgan fingerprint density at radius 1 is 0.719 bits per heavy atom. The van der Waals surface area contributed by atoms with E-state index in [0.717, 1.165) is 45.0 Å². The van der Waals surface area contributed by atoms with Gasteiger partial charge in [-0.2, -0.15) is 0 Å². The predicted molar refractivity (Wildman–Crippen MR) is 120 cm³/mol. The van der Waals surface area contributed by atoms with Gasteiger partial charge in [-0.1, -0.05) is 48.5 Å². The van der Waals surface area contributed by atoms with E-state index in [1.54, 1.807) is 0 Å². The smallest absolute Gasteiger partial charge is 0.152 e. The molecule has 7 nitrogen and oxygen atoms in total. The fourth-order valence-electron chi connectivity index (χ4n) is 3.39. The van der Waals surface area contributed by atoms with Crippen LogP contribution in [0.15, 0.2) is 84.9 Å². The second-order valence-corrected chi connectivity index (χ2v) is 7.39. The number of nitrogens with zero attached hydrogens (tertiary/aromatic N) is 4. The van der Waals surface area contributed by atoms with Gasteiger partial charge < -0.3 is 9.47 Å². The molecule has 0 aliphatic rings. The molecule has 5 aromatic rings. The summed E-state index contributed by atoms with van der Waals surface area (Å²) in [6.45, 7) is 0.869. The van der Waals surface area contributed by atoms with Crippen molar-refractivity contribution in [2.24, 2.45) is 0 Å². The maximum Gasteiger partial charge on any atom is 0.152 e. The Bertz CT molecular complexity index is 1300. The number of hydrogen-bond acceptors (Lipinski definition) is 6. The van der Waals surface area contributed by atoms with Crippen molar-refractivity contribution in [2.75, 3.05) is 0 Å². The first-order valence-corrected chi connectivity index (χ1v) is 10.3. The van der Waals surface area contributed by atoms with Gasteiger partial charge in [-0.3, -0.25) is 0 Å². The van der Waals surface area contributed by atoms with Crippen molar-refractivity contribution >= 4 is 10.9 Å². The first kappa shape index (κ1) is 19.7. The number of pyridine rings is 1. The van der Waals surface area contributed by atoms with E-state index in [0.29, 0.717) is 19.6 Å². The molecule has 0 aliphatic carbocycles. The lowest BCUT2D eigenvalue weighted by atomic mass is 10.1. The molecule has 0 unspecified atom stereocenters. The lowest BCUT2D eigenvalue weighted by molar-refractivity contribution is 0.293. The van der Waals surface area contributed by atoms with Crippen LogP contribution in [0.5, 0.6) is 11.5 Å². The first-order valence-electron chi connectivity index (χ1n) is 10.3. The number of hydrogen-bond donors (Lipinski definition) is 1. The number of aromatic nitrogens is 5. The summed E-state index contributed by atoms with van der Waals surface area (Å²) in [7, 11) is 0. The first-order chi connectivity index (χ1) is 15.8. The zero-order valence-corrected chi connectivity index (χ0v) is 17.3. The fourth-order valence-corrected chi connectivity index (χ4v) is 3.39. The summed E-state index contributed by atoms with van der Waals surface area (Å²) in [5, 5.41) is 15.0. The summed E-state index contributed by atoms with van der Waals surface area (Å²) in [5.74, 6) is 2.32. The van der Waals surface area contributed by atoms with Gasteiger partial charge in [-0.25, -0.2) is 10.1 Å². The standard InChI is InChI=1S/C25H21N5O2/c1-2-7-24-20(5-1)10-11-21(26-24)17-32-23-6-3-4-19(14-23)16-31-22-12-8-18(9-13-22)15-25-27-29-30-28-25/h1-14H,15-17H2,(H,27,28,29,30). The number of H-pyrrole nitrogens is 1. The van der Waals surface area contributed by atoms with Crippen LogP contribution in [0.25, 0.3) is 10.9 Å². The maximum absolute atomic E-state index is 5.96. The van der Waals surface area contributed by atoms with Gasteiger partial charge in [-0.15, -0.1) is 5.10 Å². The summed E-state index contributed by atoms with van der Waals surface area (Å²) in [4.78, 5) is 4.66. The molecule has 0 fully saturated rings. The monoisotopic (exact) mass is 423 g/mol. The van der Waals surface area contributed by atoms with Gasteiger partial charge >= 0.3 is 0 Å². The molecule has 0 aliphatic heterocycles.